The van der Waals surface area contributed by atoms with Crippen molar-refractivity contribution in [2.24, 2.45) is 34.5 Å². The van der Waals surface area contributed by atoms with Crippen LogP contribution in [0.5, 0.6) is 0 Å². The van der Waals surface area contributed by atoms with Crippen molar-refractivity contribution in [1.82, 2.24) is 0 Å². The summed E-state index contributed by atoms with van der Waals surface area (Å²) in [6, 6.07) is 0. The van der Waals surface area contributed by atoms with E-state index in [1.54, 1.807) is 0 Å². The molecule has 0 bridgehead atoms. The highest BCUT2D eigenvalue weighted by Gasteiger charge is 2.59. The van der Waals surface area contributed by atoms with Crippen molar-refractivity contribution in [2.45, 2.75) is 77.7 Å². The van der Waals surface area contributed by atoms with Crippen molar-refractivity contribution in [1.29, 1.82) is 0 Å². The van der Waals surface area contributed by atoms with Crippen molar-refractivity contribution in [2.75, 3.05) is 7.11 Å². The van der Waals surface area contributed by atoms with Gasteiger partial charge in [0.15, 0.2) is 11.9 Å². The number of carbonyl (C=O) groups excluding carboxylic acids is 2. The standard InChI is InChI=1S/C21H32O4/c1-20-9-4-5-15(20)14-7-6-13-11-17(22)18(25-19(23)24-3)12-21(13,2)16(14)8-10-20/h13-16,18H,4-12H2,1-3H3/t13-,14-,15-,16-,18?,20-,21-/m0/s1. The Balaban J connectivity index is 1.58. The third kappa shape index (κ3) is 2.62. The predicted molar refractivity (Wildman–Crippen MR) is 94.0 cm³/mol. The minimum Gasteiger partial charge on any atom is -0.438 e. The fraction of sp³-hybridized carbons (Fsp3) is 0.905. The monoisotopic (exact) mass is 348 g/mol. The highest BCUT2D eigenvalue weighted by molar-refractivity contribution is 5.86. The number of carbonyl (C=O) groups is 2. The topological polar surface area (TPSA) is 52.6 Å². The molecule has 25 heavy (non-hydrogen) atoms. The summed E-state index contributed by atoms with van der Waals surface area (Å²) < 4.78 is 9.98. The average Bonchev–Trinajstić information content (AvgIpc) is 2.97. The molecule has 0 radical (unpaired) electrons. The maximum atomic E-state index is 12.5. The van der Waals surface area contributed by atoms with Gasteiger partial charge in [-0.15, -0.1) is 0 Å². The Morgan fingerprint density at radius 2 is 1.88 bits per heavy atom. The third-order valence-corrected chi connectivity index (χ3v) is 8.68. The fourth-order valence-electron chi connectivity index (χ4n) is 7.34. The van der Waals surface area contributed by atoms with E-state index >= 15 is 0 Å². The fourth-order valence-corrected chi connectivity index (χ4v) is 7.34. The minimum absolute atomic E-state index is 0.0906. The Labute approximate surface area is 151 Å². The Morgan fingerprint density at radius 1 is 1.08 bits per heavy atom. The molecule has 0 aliphatic heterocycles. The van der Waals surface area contributed by atoms with Gasteiger partial charge in [-0.25, -0.2) is 4.79 Å². The Hall–Kier alpha value is -1.06. The first-order chi connectivity index (χ1) is 11.9. The molecule has 7 atom stereocenters. The highest BCUT2D eigenvalue weighted by atomic mass is 16.7. The molecule has 4 aliphatic carbocycles. The number of rotatable bonds is 1. The number of hydrogen-bond donors (Lipinski definition) is 0. The van der Waals surface area contributed by atoms with E-state index in [1.807, 2.05) is 0 Å². The second-order valence-corrected chi connectivity index (χ2v) is 9.68. The molecule has 0 N–H and O–H groups in total. The maximum absolute atomic E-state index is 12.5. The minimum atomic E-state index is -0.722. The van der Waals surface area contributed by atoms with Gasteiger partial charge in [-0.1, -0.05) is 20.3 Å². The first-order valence-electron chi connectivity index (χ1n) is 10.1. The van der Waals surface area contributed by atoms with E-state index in [-0.39, 0.29) is 11.2 Å². The van der Waals surface area contributed by atoms with Gasteiger partial charge in [-0.3, -0.25) is 4.79 Å². The van der Waals surface area contributed by atoms with Crippen LogP contribution in [0.2, 0.25) is 0 Å². The molecule has 1 unspecified atom stereocenters. The molecule has 0 spiro atoms. The van der Waals surface area contributed by atoms with Gasteiger partial charge in [0, 0.05) is 6.42 Å². The van der Waals surface area contributed by atoms with Crippen molar-refractivity contribution < 1.29 is 19.1 Å². The zero-order valence-corrected chi connectivity index (χ0v) is 15.9. The van der Waals surface area contributed by atoms with Crippen LogP contribution in [0.25, 0.3) is 0 Å². The lowest BCUT2D eigenvalue weighted by Crippen LogP contribution is -2.55. The van der Waals surface area contributed by atoms with Gasteiger partial charge < -0.3 is 9.47 Å². The maximum Gasteiger partial charge on any atom is 0.508 e. The van der Waals surface area contributed by atoms with Crippen LogP contribution in [0.15, 0.2) is 0 Å². The van der Waals surface area contributed by atoms with Crippen LogP contribution in [0, 0.1) is 34.5 Å². The first-order valence-corrected chi connectivity index (χ1v) is 10.1. The van der Waals surface area contributed by atoms with Gasteiger partial charge >= 0.3 is 6.16 Å². The number of ketones is 1. The number of hydrogen-bond acceptors (Lipinski definition) is 4. The van der Waals surface area contributed by atoms with Crippen molar-refractivity contribution in [3.63, 3.8) is 0 Å². The number of ether oxygens (including phenoxy) is 2. The van der Waals surface area contributed by atoms with Crippen LogP contribution >= 0.6 is 0 Å². The van der Waals surface area contributed by atoms with Crippen LogP contribution in [0.4, 0.5) is 4.79 Å². The molecule has 0 heterocycles. The number of fused-ring (bicyclic) bond motifs is 5. The van der Waals surface area contributed by atoms with Crippen molar-refractivity contribution in [3.8, 4) is 0 Å². The van der Waals surface area contributed by atoms with Crippen LogP contribution < -0.4 is 0 Å². The Kier molecular flexibility index (Phi) is 4.16. The summed E-state index contributed by atoms with van der Waals surface area (Å²) in [6.45, 7) is 4.90. The van der Waals surface area contributed by atoms with E-state index in [1.165, 1.54) is 52.1 Å². The molecule has 4 nitrogen and oxygen atoms in total. The van der Waals surface area contributed by atoms with Gasteiger partial charge in [-0.2, -0.15) is 0 Å². The van der Waals surface area contributed by atoms with E-state index in [4.69, 9.17) is 4.74 Å². The number of methoxy groups -OCH3 is 1. The van der Waals surface area contributed by atoms with E-state index < -0.39 is 12.3 Å². The van der Waals surface area contributed by atoms with Gasteiger partial charge in [-0.05, 0) is 79.4 Å². The molecule has 4 aliphatic rings. The lowest BCUT2D eigenvalue weighted by Gasteiger charge is -2.60. The average molecular weight is 348 g/mol. The predicted octanol–water partition coefficient (Wildman–Crippen LogP) is 4.75. The lowest BCUT2D eigenvalue weighted by atomic mass is 9.45. The Morgan fingerprint density at radius 3 is 2.64 bits per heavy atom. The molecule has 0 aromatic rings. The summed E-state index contributed by atoms with van der Waals surface area (Å²) in [7, 11) is 1.30. The van der Waals surface area contributed by atoms with E-state index in [2.05, 4.69) is 18.6 Å². The van der Waals surface area contributed by atoms with Crippen molar-refractivity contribution >= 4 is 11.9 Å². The van der Waals surface area contributed by atoms with E-state index in [0.717, 1.165) is 11.8 Å². The third-order valence-electron chi connectivity index (χ3n) is 8.68. The molecule has 4 fully saturated rings. The quantitative estimate of drug-likeness (QED) is 0.642. The van der Waals surface area contributed by atoms with Crippen LogP contribution in [-0.4, -0.2) is 25.2 Å². The molecular weight excluding hydrogens is 316 g/mol. The van der Waals surface area contributed by atoms with E-state index in [0.29, 0.717) is 30.1 Å². The van der Waals surface area contributed by atoms with Crippen LogP contribution in [-0.2, 0) is 14.3 Å². The molecule has 0 aromatic heterocycles. The molecule has 4 rings (SSSR count). The van der Waals surface area contributed by atoms with Gasteiger partial charge in [0.05, 0.1) is 7.11 Å². The molecular formula is C21H32O4. The summed E-state index contributed by atoms with van der Waals surface area (Å²) in [5, 5.41) is 0. The molecule has 0 saturated heterocycles. The zero-order valence-electron chi connectivity index (χ0n) is 15.9. The van der Waals surface area contributed by atoms with Gasteiger partial charge in [0.25, 0.3) is 0 Å². The summed E-state index contributed by atoms with van der Waals surface area (Å²) >= 11 is 0. The van der Waals surface area contributed by atoms with Gasteiger partial charge in [0.2, 0.25) is 0 Å². The van der Waals surface area contributed by atoms with Crippen LogP contribution in [0.1, 0.15) is 71.6 Å². The normalized spacial score (nSPS) is 48.9. The van der Waals surface area contributed by atoms with E-state index in [9.17, 15) is 9.59 Å². The molecule has 0 aromatic carbocycles. The summed E-state index contributed by atoms with van der Waals surface area (Å²) in [5.41, 5.74) is 0.677. The molecule has 4 saturated carbocycles. The number of Topliss-reactive ketones (excluding diaryl/α,β-unsaturated/α-hetero) is 1. The first kappa shape index (κ1) is 17.4. The SMILES string of the molecule is COC(=O)OC1C[C@@]2(C)[C@@H](CC[C@H]3[C@@H]4CCC[C@@]4(C)CC[C@@H]32)CC1=O. The summed E-state index contributed by atoms with van der Waals surface area (Å²) in [4.78, 5) is 24.1. The molecule has 140 valence electrons. The molecule has 0 amide bonds. The second-order valence-electron chi connectivity index (χ2n) is 9.68. The van der Waals surface area contributed by atoms with Crippen molar-refractivity contribution in [3.05, 3.63) is 0 Å². The smallest absolute Gasteiger partial charge is 0.438 e. The summed E-state index contributed by atoms with van der Waals surface area (Å²) in [6.07, 6.45) is 9.18. The highest BCUT2D eigenvalue weighted by Crippen LogP contribution is 2.66. The zero-order chi connectivity index (χ0) is 17.8. The summed E-state index contributed by atoms with van der Waals surface area (Å²) in [5.74, 6) is 2.90. The molecule has 4 heteroatoms. The largest absolute Gasteiger partial charge is 0.508 e. The van der Waals surface area contributed by atoms with Crippen LogP contribution in [0.3, 0.4) is 0 Å². The lowest BCUT2D eigenvalue weighted by molar-refractivity contribution is -0.156. The Bertz CT molecular complexity index is 572. The second kappa shape index (κ2) is 5.99. The van der Waals surface area contributed by atoms with Gasteiger partial charge in [0.1, 0.15) is 0 Å².